The van der Waals surface area contributed by atoms with Crippen LogP contribution in [0.5, 0.6) is 5.75 Å². The van der Waals surface area contributed by atoms with E-state index in [1.165, 1.54) is 32.1 Å². The van der Waals surface area contributed by atoms with Crippen LogP contribution in [0.4, 0.5) is 0 Å². The van der Waals surface area contributed by atoms with E-state index in [0.29, 0.717) is 11.6 Å². The second kappa shape index (κ2) is 5.04. The minimum absolute atomic E-state index is 0.0615. The molecule has 4 aliphatic carbocycles. The molecule has 0 saturated heterocycles. The minimum atomic E-state index is 0.0615. The van der Waals surface area contributed by atoms with Crippen molar-refractivity contribution in [2.24, 2.45) is 23.7 Å². The average molecular weight is 285 g/mol. The Bertz CT molecular complexity index is 526. The summed E-state index contributed by atoms with van der Waals surface area (Å²) in [6, 6.07) is 7.85. The molecule has 112 valence electrons. The highest BCUT2D eigenvalue weighted by molar-refractivity contribution is 5.94. The SMILES string of the molecule is COc1cccc(C(=O)NC2C3CC4CC(C3)CC2C4)c1. The van der Waals surface area contributed by atoms with Gasteiger partial charge in [0.15, 0.2) is 0 Å². The fourth-order valence-corrected chi connectivity index (χ4v) is 5.16. The zero-order valence-corrected chi connectivity index (χ0v) is 12.5. The van der Waals surface area contributed by atoms with E-state index in [1.54, 1.807) is 7.11 Å². The number of carbonyl (C=O) groups excluding carboxylic acids is 1. The monoisotopic (exact) mass is 285 g/mol. The van der Waals surface area contributed by atoms with Gasteiger partial charge in [0.1, 0.15) is 5.75 Å². The van der Waals surface area contributed by atoms with Gasteiger partial charge in [-0.25, -0.2) is 0 Å². The number of rotatable bonds is 3. The molecular formula is C18H23NO2. The lowest BCUT2D eigenvalue weighted by Crippen LogP contribution is -2.55. The van der Waals surface area contributed by atoms with E-state index in [9.17, 15) is 4.79 Å². The molecule has 4 bridgehead atoms. The Labute approximate surface area is 126 Å². The van der Waals surface area contributed by atoms with Crippen LogP contribution in [0.2, 0.25) is 0 Å². The molecule has 5 rings (SSSR count). The number of amides is 1. The molecule has 1 aromatic rings. The first-order valence-electron chi connectivity index (χ1n) is 8.18. The minimum Gasteiger partial charge on any atom is -0.497 e. The third-order valence-corrected chi connectivity index (χ3v) is 5.86. The van der Waals surface area contributed by atoms with E-state index in [4.69, 9.17) is 4.74 Å². The highest BCUT2D eigenvalue weighted by Gasteiger charge is 2.48. The van der Waals surface area contributed by atoms with Crippen LogP contribution in [-0.4, -0.2) is 19.1 Å². The summed E-state index contributed by atoms with van der Waals surface area (Å²) in [6.45, 7) is 0. The summed E-state index contributed by atoms with van der Waals surface area (Å²) in [5.74, 6) is 4.13. The Balaban J connectivity index is 1.49. The van der Waals surface area contributed by atoms with Crippen molar-refractivity contribution in [1.82, 2.24) is 5.32 Å². The van der Waals surface area contributed by atoms with Crippen molar-refractivity contribution >= 4 is 5.91 Å². The maximum atomic E-state index is 12.5. The first-order valence-corrected chi connectivity index (χ1v) is 8.18. The van der Waals surface area contributed by atoms with Gasteiger partial charge >= 0.3 is 0 Å². The van der Waals surface area contributed by atoms with E-state index in [-0.39, 0.29) is 5.91 Å². The van der Waals surface area contributed by atoms with Gasteiger partial charge in [0, 0.05) is 11.6 Å². The van der Waals surface area contributed by atoms with Crippen molar-refractivity contribution in [2.75, 3.05) is 7.11 Å². The third-order valence-electron chi connectivity index (χ3n) is 5.86. The van der Waals surface area contributed by atoms with Gasteiger partial charge in [-0.15, -0.1) is 0 Å². The van der Waals surface area contributed by atoms with Crippen molar-refractivity contribution in [3.8, 4) is 5.75 Å². The predicted molar refractivity (Wildman–Crippen MR) is 81.3 cm³/mol. The van der Waals surface area contributed by atoms with E-state index < -0.39 is 0 Å². The summed E-state index contributed by atoms with van der Waals surface area (Å²) < 4.78 is 5.21. The van der Waals surface area contributed by atoms with Crippen molar-refractivity contribution in [3.05, 3.63) is 29.8 Å². The largest absolute Gasteiger partial charge is 0.497 e. The molecule has 4 aliphatic rings. The lowest BCUT2D eigenvalue weighted by atomic mass is 9.54. The first-order chi connectivity index (χ1) is 10.2. The molecule has 4 fully saturated rings. The lowest BCUT2D eigenvalue weighted by Gasteiger charge is -2.54. The predicted octanol–water partition coefficient (Wildman–Crippen LogP) is 3.25. The van der Waals surface area contributed by atoms with Crippen LogP contribution >= 0.6 is 0 Å². The summed E-state index contributed by atoms with van der Waals surface area (Å²) in [6.07, 6.45) is 6.77. The Hall–Kier alpha value is -1.51. The second-order valence-electron chi connectivity index (χ2n) is 7.16. The van der Waals surface area contributed by atoms with E-state index in [0.717, 1.165) is 29.4 Å². The van der Waals surface area contributed by atoms with Crippen molar-refractivity contribution < 1.29 is 9.53 Å². The van der Waals surface area contributed by atoms with Crippen LogP contribution in [-0.2, 0) is 0 Å². The fraction of sp³-hybridized carbons (Fsp3) is 0.611. The molecule has 0 aliphatic heterocycles. The highest BCUT2D eigenvalue weighted by atomic mass is 16.5. The van der Waals surface area contributed by atoms with Crippen molar-refractivity contribution in [3.63, 3.8) is 0 Å². The van der Waals surface area contributed by atoms with Crippen LogP contribution < -0.4 is 10.1 Å². The fourth-order valence-electron chi connectivity index (χ4n) is 5.16. The molecule has 0 unspecified atom stereocenters. The maximum Gasteiger partial charge on any atom is 0.251 e. The van der Waals surface area contributed by atoms with Crippen LogP contribution in [0.1, 0.15) is 42.5 Å². The summed E-state index contributed by atoms with van der Waals surface area (Å²) in [7, 11) is 1.63. The van der Waals surface area contributed by atoms with Gasteiger partial charge in [-0.1, -0.05) is 6.07 Å². The number of methoxy groups -OCH3 is 1. The molecule has 3 heteroatoms. The van der Waals surface area contributed by atoms with Gasteiger partial charge in [-0.2, -0.15) is 0 Å². The van der Waals surface area contributed by atoms with E-state index in [1.807, 2.05) is 24.3 Å². The third kappa shape index (κ3) is 2.33. The van der Waals surface area contributed by atoms with E-state index >= 15 is 0 Å². The molecule has 21 heavy (non-hydrogen) atoms. The lowest BCUT2D eigenvalue weighted by molar-refractivity contribution is -0.0119. The van der Waals surface area contributed by atoms with Gasteiger partial charge < -0.3 is 10.1 Å². The number of carbonyl (C=O) groups is 1. The van der Waals surface area contributed by atoms with Gasteiger partial charge in [0.2, 0.25) is 0 Å². The number of hydrogen-bond donors (Lipinski definition) is 1. The Morgan fingerprint density at radius 3 is 2.38 bits per heavy atom. The van der Waals surface area contributed by atoms with Gasteiger partial charge in [0.25, 0.3) is 5.91 Å². The number of ether oxygens (including phenoxy) is 1. The average Bonchev–Trinajstić information content (AvgIpc) is 2.50. The zero-order chi connectivity index (χ0) is 14.4. The normalized spacial score (nSPS) is 36.5. The molecule has 1 N–H and O–H groups in total. The molecular weight excluding hydrogens is 262 g/mol. The Morgan fingerprint density at radius 1 is 1.10 bits per heavy atom. The standard InChI is InChI=1S/C18H23NO2/c1-21-16-4-2-3-13(10-16)18(20)19-17-14-6-11-5-12(8-14)9-15(17)7-11/h2-4,10-12,14-15,17H,5-9H2,1H3,(H,19,20). The van der Waals surface area contributed by atoms with Crippen molar-refractivity contribution in [2.45, 2.75) is 38.1 Å². The second-order valence-corrected chi connectivity index (χ2v) is 7.16. The molecule has 4 saturated carbocycles. The van der Waals surface area contributed by atoms with Gasteiger partial charge in [-0.05, 0) is 74.0 Å². The summed E-state index contributed by atoms with van der Waals surface area (Å²) in [5, 5.41) is 3.34. The van der Waals surface area contributed by atoms with Gasteiger partial charge in [-0.3, -0.25) is 4.79 Å². The number of benzene rings is 1. The van der Waals surface area contributed by atoms with Crippen LogP contribution in [0, 0.1) is 23.7 Å². The summed E-state index contributed by atoms with van der Waals surface area (Å²) >= 11 is 0. The van der Waals surface area contributed by atoms with Crippen molar-refractivity contribution in [1.29, 1.82) is 0 Å². The Kier molecular flexibility index (Phi) is 3.16. The molecule has 0 aromatic heterocycles. The van der Waals surface area contributed by atoms with Crippen LogP contribution in [0.3, 0.4) is 0 Å². The van der Waals surface area contributed by atoms with Crippen LogP contribution in [0.25, 0.3) is 0 Å². The maximum absolute atomic E-state index is 12.5. The van der Waals surface area contributed by atoms with Crippen LogP contribution in [0.15, 0.2) is 24.3 Å². The smallest absolute Gasteiger partial charge is 0.251 e. The molecule has 0 atom stereocenters. The topological polar surface area (TPSA) is 38.3 Å². The molecule has 1 amide bonds. The molecule has 3 nitrogen and oxygen atoms in total. The highest BCUT2D eigenvalue weighted by Crippen LogP contribution is 2.53. The zero-order valence-electron chi connectivity index (χ0n) is 12.5. The van der Waals surface area contributed by atoms with E-state index in [2.05, 4.69) is 5.32 Å². The quantitative estimate of drug-likeness (QED) is 0.926. The Morgan fingerprint density at radius 2 is 1.76 bits per heavy atom. The first kappa shape index (κ1) is 13.2. The summed E-state index contributed by atoms with van der Waals surface area (Å²) in [5.41, 5.74) is 0.711. The number of nitrogens with one attached hydrogen (secondary N) is 1. The summed E-state index contributed by atoms with van der Waals surface area (Å²) in [4.78, 5) is 12.5. The molecule has 1 aromatic carbocycles. The molecule has 0 heterocycles. The molecule has 0 spiro atoms. The van der Waals surface area contributed by atoms with Gasteiger partial charge in [0.05, 0.1) is 7.11 Å². The number of hydrogen-bond acceptors (Lipinski definition) is 2. The molecule has 0 radical (unpaired) electrons.